The summed E-state index contributed by atoms with van der Waals surface area (Å²) in [7, 11) is 0. The standard InChI is InChI=1S/C10H11N3O2/c11-5-4-9-12-13-10(15-9)7-2-1-3-8(14)6-7/h1-3,6,14H,4-5,11H2. The molecule has 0 aliphatic rings. The second-order valence-corrected chi connectivity index (χ2v) is 3.09. The summed E-state index contributed by atoms with van der Waals surface area (Å²) >= 11 is 0. The molecule has 0 fully saturated rings. The van der Waals surface area contributed by atoms with E-state index in [9.17, 15) is 5.11 Å². The van der Waals surface area contributed by atoms with Gasteiger partial charge >= 0.3 is 0 Å². The Morgan fingerprint density at radius 2 is 2.20 bits per heavy atom. The van der Waals surface area contributed by atoms with Crippen LogP contribution in [0, 0.1) is 0 Å². The van der Waals surface area contributed by atoms with Crippen LogP contribution in [0.1, 0.15) is 5.89 Å². The maximum Gasteiger partial charge on any atom is 0.247 e. The quantitative estimate of drug-likeness (QED) is 0.779. The Kier molecular flexibility index (Phi) is 2.64. The SMILES string of the molecule is NCCc1nnc(-c2cccc(O)c2)o1. The van der Waals surface area contributed by atoms with E-state index in [2.05, 4.69) is 10.2 Å². The largest absolute Gasteiger partial charge is 0.508 e. The lowest BCUT2D eigenvalue weighted by atomic mass is 10.2. The average Bonchev–Trinajstić information content (AvgIpc) is 2.67. The average molecular weight is 205 g/mol. The monoisotopic (exact) mass is 205 g/mol. The van der Waals surface area contributed by atoms with Gasteiger partial charge in [-0.15, -0.1) is 10.2 Å². The molecule has 5 nitrogen and oxygen atoms in total. The molecule has 0 aliphatic carbocycles. The maximum atomic E-state index is 9.27. The second-order valence-electron chi connectivity index (χ2n) is 3.09. The number of aromatic hydroxyl groups is 1. The van der Waals surface area contributed by atoms with Gasteiger partial charge in [-0.25, -0.2) is 0 Å². The number of benzene rings is 1. The molecule has 78 valence electrons. The van der Waals surface area contributed by atoms with Crippen LogP contribution >= 0.6 is 0 Å². The number of nitrogens with zero attached hydrogens (tertiary/aromatic N) is 2. The normalized spacial score (nSPS) is 10.5. The van der Waals surface area contributed by atoms with Crippen molar-refractivity contribution in [2.45, 2.75) is 6.42 Å². The van der Waals surface area contributed by atoms with Gasteiger partial charge in [-0.1, -0.05) is 6.07 Å². The summed E-state index contributed by atoms with van der Waals surface area (Å²) in [6.45, 7) is 0.474. The summed E-state index contributed by atoms with van der Waals surface area (Å²) in [5.41, 5.74) is 6.06. The number of hydrogen-bond acceptors (Lipinski definition) is 5. The van der Waals surface area contributed by atoms with E-state index in [1.54, 1.807) is 24.3 Å². The predicted octanol–water partition coefficient (Wildman–Crippen LogP) is 0.943. The van der Waals surface area contributed by atoms with Gasteiger partial charge in [0.25, 0.3) is 0 Å². The molecule has 1 heterocycles. The van der Waals surface area contributed by atoms with Crippen molar-refractivity contribution in [1.82, 2.24) is 10.2 Å². The van der Waals surface area contributed by atoms with Crippen molar-refractivity contribution in [3.05, 3.63) is 30.2 Å². The molecule has 0 spiro atoms. The number of hydrogen-bond donors (Lipinski definition) is 2. The third-order valence-corrected chi connectivity index (χ3v) is 1.92. The molecule has 2 rings (SSSR count). The maximum absolute atomic E-state index is 9.27. The lowest BCUT2D eigenvalue weighted by molar-refractivity contribution is 0.474. The number of nitrogens with two attached hydrogens (primary N) is 1. The third-order valence-electron chi connectivity index (χ3n) is 1.92. The van der Waals surface area contributed by atoms with E-state index in [1.807, 2.05) is 0 Å². The minimum Gasteiger partial charge on any atom is -0.508 e. The van der Waals surface area contributed by atoms with Gasteiger partial charge in [0, 0.05) is 18.5 Å². The van der Waals surface area contributed by atoms with Gasteiger partial charge in [0.2, 0.25) is 11.8 Å². The topological polar surface area (TPSA) is 85.2 Å². The Hall–Kier alpha value is -1.88. The molecule has 5 heteroatoms. The van der Waals surface area contributed by atoms with E-state index in [0.717, 1.165) is 0 Å². The van der Waals surface area contributed by atoms with Crippen molar-refractivity contribution in [3.63, 3.8) is 0 Å². The zero-order valence-electron chi connectivity index (χ0n) is 8.05. The van der Waals surface area contributed by atoms with Crippen LogP contribution in [0.5, 0.6) is 5.75 Å². The van der Waals surface area contributed by atoms with Gasteiger partial charge in [0.15, 0.2) is 0 Å². The summed E-state index contributed by atoms with van der Waals surface area (Å²) in [4.78, 5) is 0. The predicted molar refractivity (Wildman–Crippen MR) is 54.2 cm³/mol. The molecule has 15 heavy (non-hydrogen) atoms. The molecule has 1 aromatic heterocycles. The minimum absolute atomic E-state index is 0.172. The fraction of sp³-hybridized carbons (Fsp3) is 0.200. The highest BCUT2D eigenvalue weighted by Crippen LogP contribution is 2.21. The van der Waals surface area contributed by atoms with Gasteiger partial charge in [0.1, 0.15) is 5.75 Å². The number of rotatable bonds is 3. The first-order chi connectivity index (χ1) is 7.29. The Balaban J connectivity index is 2.29. The van der Waals surface area contributed by atoms with Crippen LogP contribution in [0.3, 0.4) is 0 Å². The van der Waals surface area contributed by atoms with Gasteiger partial charge in [-0.3, -0.25) is 0 Å². The van der Waals surface area contributed by atoms with E-state index < -0.39 is 0 Å². The zero-order chi connectivity index (χ0) is 10.7. The Labute approximate surface area is 86.6 Å². The highest BCUT2D eigenvalue weighted by molar-refractivity contribution is 5.54. The summed E-state index contributed by atoms with van der Waals surface area (Å²) < 4.78 is 5.35. The Morgan fingerprint density at radius 3 is 2.93 bits per heavy atom. The lowest BCUT2D eigenvalue weighted by Gasteiger charge is -1.94. The smallest absolute Gasteiger partial charge is 0.247 e. The van der Waals surface area contributed by atoms with Crippen LogP contribution in [-0.2, 0) is 6.42 Å². The van der Waals surface area contributed by atoms with Crippen molar-refractivity contribution in [2.24, 2.45) is 5.73 Å². The van der Waals surface area contributed by atoms with Crippen LogP contribution in [0.25, 0.3) is 11.5 Å². The first-order valence-corrected chi connectivity index (χ1v) is 4.61. The van der Waals surface area contributed by atoms with Gasteiger partial charge < -0.3 is 15.3 Å². The minimum atomic E-state index is 0.172. The van der Waals surface area contributed by atoms with Crippen molar-refractivity contribution in [3.8, 4) is 17.2 Å². The molecule has 0 atom stereocenters. The molecule has 0 amide bonds. The molecule has 0 unspecified atom stereocenters. The van der Waals surface area contributed by atoms with Gasteiger partial charge in [-0.2, -0.15) is 0 Å². The molecule has 3 N–H and O–H groups in total. The first-order valence-electron chi connectivity index (χ1n) is 4.61. The highest BCUT2D eigenvalue weighted by Gasteiger charge is 2.07. The van der Waals surface area contributed by atoms with E-state index >= 15 is 0 Å². The Morgan fingerprint density at radius 1 is 1.33 bits per heavy atom. The molecular weight excluding hydrogens is 194 g/mol. The van der Waals surface area contributed by atoms with E-state index in [4.69, 9.17) is 10.2 Å². The molecule has 0 aliphatic heterocycles. The van der Waals surface area contributed by atoms with Crippen LogP contribution in [0.4, 0.5) is 0 Å². The van der Waals surface area contributed by atoms with E-state index in [0.29, 0.717) is 30.3 Å². The fourth-order valence-electron chi connectivity index (χ4n) is 1.23. The first kappa shape index (κ1) is 9.67. The molecule has 2 aromatic rings. The van der Waals surface area contributed by atoms with Crippen LogP contribution < -0.4 is 5.73 Å². The summed E-state index contributed by atoms with van der Waals surface area (Å²) in [6.07, 6.45) is 0.561. The van der Waals surface area contributed by atoms with Crippen molar-refractivity contribution in [2.75, 3.05) is 6.54 Å². The number of phenolic OH excluding ortho intramolecular Hbond substituents is 1. The van der Waals surface area contributed by atoms with E-state index in [-0.39, 0.29) is 5.75 Å². The molecule has 1 aromatic carbocycles. The summed E-state index contributed by atoms with van der Waals surface area (Å²) in [5.74, 6) is 1.08. The molecule has 0 saturated heterocycles. The lowest BCUT2D eigenvalue weighted by Crippen LogP contribution is -2.02. The number of phenols is 1. The summed E-state index contributed by atoms with van der Waals surface area (Å²) in [5, 5.41) is 17.0. The van der Waals surface area contributed by atoms with Crippen LogP contribution in [-0.4, -0.2) is 21.8 Å². The van der Waals surface area contributed by atoms with Crippen molar-refractivity contribution < 1.29 is 9.52 Å². The van der Waals surface area contributed by atoms with Crippen molar-refractivity contribution >= 4 is 0 Å². The molecule has 0 saturated carbocycles. The van der Waals surface area contributed by atoms with Crippen LogP contribution in [0.15, 0.2) is 28.7 Å². The molecule has 0 bridgehead atoms. The number of aromatic nitrogens is 2. The van der Waals surface area contributed by atoms with Gasteiger partial charge in [-0.05, 0) is 18.2 Å². The Bertz CT molecular complexity index is 453. The van der Waals surface area contributed by atoms with Crippen LogP contribution in [0.2, 0.25) is 0 Å². The zero-order valence-corrected chi connectivity index (χ0v) is 8.05. The van der Waals surface area contributed by atoms with Gasteiger partial charge in [0.05, 0.1) is 0 Å². The molecular formula is C10H11N3O2. The van der Waals surface area contributed by atoms with E-state index in [1.165, 1.54) is 0 Å². The third kappa shape index (κ3) is 2.13. The highest BCUT2D eigenvalue weighted by atomic mass is 16.4. The fourth-order valence-corrected chi connectivity index (χ4v) is 1.23. The summed E-state index contributed by atoms with van der Waals surface area (Å²) in [6, 6.07) is 6.66. The molecule has 0 radical (unpaired) electrons. The van der Waals surface area contributed by atoms with Crippen molar-refractivity contribution in [1.29, 1.82) is 0 Å². The second kappa shape index (κ2) is 4.10.